The molecule has 3 aromatic rings. The number of fused-ring (bicyclic) bond motifs is 2. The Morgan fingerprint density at radius 2 is 2.10 bits per heavy atom. The molecule has 0 spiro atoms. The van der Waals surface area contributed by atoms with Crippen LogP contribution in [0, 0.1) is 6.92 Å². The number of rotatable bonds is 4. The third kappa shape index (κ3) is 3.82. The van der Waals surface area contributed by atoms with Crippen LogP contribution in [0.2, 0.25) is 0 Å². The highest BCUT2D eigenvalue weighted by Crippen LogP contribution is 2.29. The molecule has 162 valence electrons. The smallest absolute Gasteiger partial charge is 0.228 e. The molecule has 2 aliphatic rings. The van der Waals surface area contributed by atoms with Crippen molar-refractivity contribution in [1.29, 1.82) is 0 Å². The normalized spacial score (nSPS) is 19.4. The van der Waals surface area contributed by atoms with E-state index in [1.54, 1.807) is 12.3 Å². The molecule has 5 rings (SSSR count). The van der Waals surface area contributed by atoms with Gasteiger partial charge >= 0.3 is 0 Å². The van der Waals surface area contributed by atoms with Gasteiger partial charge in [0.05, 0.1) is 34.9 Å². The van der Waals surface area contributed by atoms with Crippen LogP contribution in [0.5, 0.6) is 0 Å². The summed E-state index contributed by atoms with van der Waals surface area (Å²) in [7, 11) is -3.41. The first-order chi connectivity index (χ1) is 14.8. The van der Waals surface area contributed by atoms with E-state index < -0.39 is 15.4 Å². The van der Waals surface area contributed by atoms with Crippen molar-refractivity contribution in [1.82, 2.24) is 15.0 Å². The van der Waals surface area contributed by atoms with Gasteiger partial charge in [0.1, 0.15) is 5.82 Å². The summed E-state index contributed by atoms with van der Waals surface area (Å²) in [6.07, 6.45) is 3.03. The predicted molar refractivity (Wildman–Crippen MR) is 118 cm³/mol. The molecular weight excluding hydrogens is 416 g/mol. The second-order valence-electron chi connectivity index (χ2n) is 8.33. The largest absolute Gasteiger partial charge is 0.377 e. The van der Waals surface area contributed by atoms with Gasteiger partial charge in [-0.15, -0.1) is 0 Å². The summed E-state index contributed by atoms with van der Waals surface area (Å²) in [5, 5.41) is 4.28. The number of sulfone groups is 1. The zero-order valence-corrected chi connectivity index (χ0v) is 18.0. The van der Waals surface area contributed by atoms with Gasteiger partial charge in [0, 0.05) is 37.4 Å². The van der Waals surface area contributed by atoms with Crippen LogP contribution in [0.3, 0.4) is 0 Å². The average Bonchev–Trinajstić information content (AvgIpc) is 2.87. The highest BCUT2D eigenvalue weighted by Gasteiger charge is 2.34. The summed E-state index contributed by atoms with van der Waals surface area (Å²) in [6, 6.07) is 7.73. The van der Waals surface area contributed by atoms with E-state index in [1.165, 1.54) is 6.20 Å². The molecular formula is C21H24N6O3S. The van der Waals surface area contributed by atoms with E-state index in [9.17, 15) is 8.42 Å². The van der Waals surface area contributed by atoms with Crippen LogP contribution in [0.25, 0.3) is 10.9 Å². The monoisotopic (exact) mass is 440 g/mol. The van der Waals surface area contributed by atoms with Crippen LogP contribution >= 0.6 is 0 Å². The first-order valence-electron chi connectivity index (χ1n) is 10.1. The summed E-state index contributed by atoms with van der Waals surface area (Å²) in [6.45, 7) is 4.24. The van der Waals surface area contributed by atoms with Crippen LogP contribution in [-0.2, 0) is 21.1 Å². The van der Waals surface area contributed by atoms with Gasteiger partial charge in [-0.3, -0.25) is 4.98 Å². The van der Waals surface area contributed by atoms with Crippen LogP contribution in [-0.4, -0.2) is 61.0 Å². The van der Waals surface area contributed by atoms with Crippen LogP contribution in [0.4, 0.5) is 11.8 Å². The molecule has 0 radical (unpaired) electrons. The Hall–Kier alpha value is -2.82. The number of benzene rings is 1. The number of hydrogen-bond acceptors (Lipinski definition) is 9. The number of aryl methyl sites for hydroxylation is 1. The van der Waals surface area contributed by atoms with Crippen molar-refractivity contribution >= 4 is 32.5 Å². The quantitative estimate of drug-likeness (QED) is 0.617. The fourth-order valence-corrected chi connectivity index (χ4v) is 5.28. The summed E-state index contributed by atoms with van der Waals surface area (Å²) in [5.41, 5.74) is 8.47. The van der Waals surface area contributed by atoms with Gasteiger partial charge in [0.2, 0.25) is 5.95 Å². The van der Waals surface area contributed by atoms with Gasteiger partial charge in [0.15, 0.2) is 9.84 Å². The van der Waals surface area contributed by atoms with E-state index in [0.717, 1.165) is 16.5 Å². The minimum absolute atomic E-state index is 0.0208. The fraction of sp³-hybridized carbons (Fsp3) is 0.381. The van der Waals surface area contributed by atoms with Gasteiger partial charge in [-0.05, 0) is 30.7 Å². The van der Waals surface area contributed by atoms with Crippen molar-refractivity contribution in [2.75, 3.05) is 42.3 Å². The van der Waals surface area contributed by atoms with Crippen LogP contribution in [0.1, 0.15) is 11.1 Å². The number of nitrogens with two attached hydrogens (primary N) is 1. The summed E-state index contributed by atoms with van der Waals surface area (Å²) < 4.78 is 30.6. The number of nitrogens with one attached hydrogen (secondary N) is 1. The molecule has 0 amide bonds. The number of nitrogens with zero attached hydrogens (tertiary/aromatic N) is 4. The lowest BCUT2D eigenvalue weighted by atomic mass is 9.99. The molecule has 1 aromatic carbocycles. The fourth-order valence-electron chi connectivity index (χ4n) is 3.85. The van der Waals surface area contributed by atoms with Crippen LogP contribution in [0.15, 0.2) is 41.6 Å². The van der Waals surface area contributed by atoms with Crippen molar-refractivity contribution in [2.24, 2.45) is 5.73 Å². The maximum absolute atomic E-state index is 12.7. The molecule has 1 saturated heterocycles. The Morgan fingerprint density at radius 3 is 2.87 bits per heavy atom. The molecule has 0 aliphatic carbocycles. The third-order valence-electron chi connectivity index (χ3n) is 5.71. The first-order valence-corrected chi connectivity index (χ1v) is 11.8. The van der Waals surface area contributed by atoms with Gasteiger partial charge in [-0.25, -0.2) is 13.4 Å². The Morgan fingerprint density at radius 1 is 1.26 bits per heavy atom. The van der Waals surface area contributed by atoms with Crippen molar-refractivity contribution in [2.45, 2.75) is 23.9 Å². The summed E-state index contributed by atoms with van der Waals surface area (Å²) in [4.78, 5) is 15.7. The second kappa shape index (κ2) is 7.40. The highest BCUT2D eigenvalue weighted by molar-refractivity contribution is 7.91. The molecule has 0 unspecified atom stereocenters. The maximum atomic E-state index is 12.7. The Labute approximate surface area is 180 Å². The summed E-state index contributed by atoms with van der Waals surface area (Å²) >= 11 is 0. The van der Waals surface area contributed by atoms with E-state index in [0.29, 0.717) is 50.2 Å². The lowest BCUT2D eigenvalue weighted by Gasteiger charge is -2.38. The van der Waals surface area contributed by atoms with E-state index in [1.807, 2.05) is 30.0 Å². The minimum atomic E-state index is -3.41. The number of aromatic nitrogens is 3. The van der Waals surface area contributed by atoms with Gasteiger partial charge in [0.25, 0.3) is 0 Å². The highest BCUT2D eigenvalue weighted by atomic mass is 32.2. The molecule has 0 saturated carbocycles. The molecule has 2 aliphatic heterocycles. The lowest BCUT2D eigenvalue weighted by molar-refractivity contribution is -0.0461. The molecule has 3 N–H and O–H groups in total. The number of hydrogen-bond donors (Lipinski definition) is 2. The molecule has 1 fully saturated rings. The number of anilines is 2. The van der Waals surface area contributed by atoms with Crippen molar-refractivity contribution in [3.05, 3.63) is 47.8 Å². The van der Waals surface area contributed by atoms with Crippen LogP contribution < -0.4 is 16.0 Å². The molecule has 9 nitrogen and oxygen atoms in total. The molecule has 0 atom stereocenters. The SMILES string of the molecule is Cc1ccc2nc(N3CCS(=O)(=O)c4cnccc4C3)nc(NCC3(N)COC3)c2c1. The number of pyridine rings is 1. The topological polar surface area (TPSA) is 123 Å². The van der Waals surface area contributed by atoms with Gasteiger partial charge in [-0.2, -0.15) is 4.98 Å². The molecule has 31 heavy (non-hydrogen) atoms. The molecule has 4 heterocycles. The lowest BCUT2D eigenvalue weighted by Crippen LogP contribution is -2.61. The Bertz CT molecular complexity index is 1260. The number of ether oxygens (including phenoxy) is 1. The van der Waals surface area contributed by atoms with Gasteiger partial charge in [-0.1, -0.05) is 11.6 Å². The molecule has 10 heteroatoms. The predicted octanol–water partition coefficient (Wildman–Crippen LogP) is 1.27. The maximum Gasteiger partial charge on any atom is 0.228 e. The zero-order valence-electron chi connectivity index (χ0n) is 17.2. The Balaban J connectivity index is 1.54. The van der Waals surface area contributed by atoms with E-state index in [-0.39, 0.29) is 10.6 Å². The summed E-state index contributed by atoms with van der Waals surface area (Å²) in [5.74, 6) is 1.14. The Kier molecular flexibility index (Phi) is 4.80. The van der Waals surface area contributed by atoms with Crippen molar-refractivity contribution < 1.29 is 13.2 Å². The standard InChI is InChI=1S/C21H24N6O3S/c1-14-2-3-17-16(8-14)19(24-11-21(22)12-30-13-21)26-20(25-17)27-6-7-31(28,29)18-9-23-5-4-15(18)10-27/h2-5,8-9H,6-7,10-13,22H2,1H3,(H,24,25,26). The van der Waals surface area contributed by atoms with Gasteiger partial charge < -0.3 is 20.7 Å². The van der Waals surface area contributed by atoms with Crippen molar-refractivity contribution in [3.63, 3.8) is 0 Å². The second-order valence-corrected chi connectivity index (χ2v) is 10.4. The van der Waals surface area contributed by atoms with E-state index >= 15 is 0 Å². The molecule has 2 aromatic heterocycles. The van der Waals surface area contributed by atoms with E-state index in [4.69, 9.17) is 20.4 Å². The first kappa shape index (κ1) is 20.1. The molecule has 0 bridgehead atoms. The zero-order chi connectivity index (χ0) is 21.6. The minimum Gasteiger partial charge on any atom is -0.377 e. The van der Waals surface area contributed by atoms with Crippen molar-refractivity contribution in [3.8, 4) is 0 Å². The van der Waals surface area contributed by atoms with E-state index in [2.05, 4.69) is 10.3 Å². The third-order valence-corrected chi connectivity index (χ3v) is 7.46. The average molecular weight is 441 g/mol.